The molecule has 0 aromatic heterocycles. The van der Waals surface area contributed by atoms with Crippen LogP contribution in [0.4, 0.5) is 5.69 Å². The maximum atomic E-state index is 11.1. The van der Waals surface area contributed by atoms with Crippen LogP contribution >= 0.6 is 23.2 Å². The van der Waals surface area contributed by atoms with E-state index in [1.165, 1.54) is 12.1 Å². The fourth-order valence-corrected chi connectivity index (χ4v) is 2.51. The largest absolute Gasteiger partial charge is 0.480 e. The Kier molecular flexibility index (Phi) is 6.19. The van der Waals surface area contributed by atoms with Crippen LogP contribution in [0.25, 0.3) is 0 Å². The quantitative estimate of drug-likeness (QED) is 0.616. The van der Waals surface area contributed by atoms with E-state index in [4.69, 9.17) is 28.3 Å². The Morgan fingerprint density at radius 1 is 1.45 bits per heavy atom. The van der Waals surface area contributed by atoms with Crippen LogP contribution in [-0.4, -0.2) is 34.0 Å². The van der Waals surface area contributed by atoms with E-state index in [1.54, 1.807) is 4.90 Å². The van der Waals surface area contributed by atoms with E-state index in [9.17, 15) is 14.9 Å². The van der Waals surface area contributed by atoms with Crippen molar-refractivity contribution in [1.82, 2.24) is 4.90 Å². The van der Waals surface area contributed by atoms with Gasteiger partial charge in [0.15, 0.2) is 0 Å². The van der Waals surface area contributed by atoms with Gasteiger partial charge in [0.1, 0.15) is 5.02 Å². The van der Waals surface area contributed by atoms with E-state index in [0.29, 0.717) is 12.1 Å². The van der Waals surface area contributed by atoms with Gasteiger partial charge >= 0.3 is 5.97 Å². The van der Waals surface area contributed by atoms with Gasteiger partial charge < -0.3 is 5.11 Å². The first-order valence-corrected chi connectivity index (χ1v) is 6.67. The molecule has 0 radical (unpaired) electrons. The van der Waals surface area contributed by atoms with Crippen molar-refractivity contribution in [2.45, 2.75) is 19.9 Å². The highest BCUT2D eigenvalue weighted by atomic mass is 35.5. The summed E-state index contributed by atoms with van der Waals surface area (Å²) in [7, 11) is 0. The average Bonchev–Trinajstić information content (AvgIpc) is 2.26. The van der Waals surface area contributed by atoms with E-state index < -0.39 is 10.9 Å². The highest BCUT2D eigenvalue weighted by Crippen LogP contribution is 2.32. The molecule has 1 aromatic carbocycles. The third kappa shape index (κ3) is 4.63. The van der Waals surface area contributed by atoms with Gasteiger partial charge in [0.2, 0.25) is 0 Å². The van der Waals surface area contributed by atoms with E-state index in [2.05, 4.69) is 0 Å². The third-order valence-corrected chi connectivity index (χ3v) is 3.09. The molecule has 0 bridgehead atoms. The number of nitro benzene ring substituents is 1. The molecule has 0 aliphatic rings. The molecule has 0 fully saturated rings. The van der Waals surface area contributed by atoms with E-state index in [-0.39, 0.29) is 28.8 Å². The van der Waals surface area contributed by atoms with Gasteiger partial charge in [-0.1, -0.05) is 30.1 Å². The number of hydrogen-bond acceptors (Lipinski definition) is 4. The van der Waals surface area contributed by atoms with Gasteiger partial charge in [-0.25, -0.2) is 0 Å². The molecule has 6 nitrogen and oxygen atoms in total. The minimum absolute atomic E-state index is 0.0516. The highest BCUT2D eigenvalue weighted by molar-refractivity contribution is 6.36. The lowest BCUT2D eigenvalue weighted by Gasteiger charge is -2.19. The number of halogens is 2. The molecule has 0 saturated carbocycles. The number of rotatable bonds is 7. The summed E-state index contributed by atoms with van der Waals surface area (Å²) >= 11 is 11.7. The summed E-state index contributed by atoms with van der Waals surface area (Å²) in [6, 6.07) is 2.74. The molecule has 0 aliphatic heterocycles. The molecule has 0 unspecified atom stereocenters. The minimum atomic E-state index is -0.991. The maximum Gasteiger partial charge on any atom is 0.317 e. The van der Waals surface area contributed by atoms with Crippen LogP contribution in [0.3, 0.4) is 0 Å². The summed E-state index contributed by atoms with van der Waals surface area (Å²) in [4.78, 5) is 22.9. The Labute approximate surface area is 126 Å². The second-order valence-corrected chi connectivity index (χ2v) is 5.10. The summed E-state index contributed by atoms with van der Waals surface area (Å²) < 4.78 is 0. The smallest absolute Gasteiger partial charge is 0.317 e. The monoisotopic (exact) mass is 320 g/mol. The number of hydrogen-bond donors (Lipinski definition) is 1. The van der Waals surface area contributed by atoms with Crippen LogP contribution in [0.15, 0.2) is 12.1 Å². The highest BCUT2D eigenvalue weighted by Gasteiger charge is 2.22. The normalized spacial score (nSPS) is 10.8. The summed E-state index contributed by atoms with van der Waals surface area (Å²) in [6.45, 7) is 2.31. The van der Waals surface area contributed by atoms with Crippen molar-refractivity contribution < 1.29 is 14.8 Å². The summed E-state index contributed by atoms with van der Waals surface area (Å²) in [5.41, 5.74) is 0.0739. The van der Waals surface area contributed by atoms with Crippen molar-refractivity contribution in [2.24, 2.45) is 0 Å². The standard InChI is InChI=1S/C12H14Cl2N2O4/c1-2-3-15(7-11(17)18)6-8-4-9(13)5-10(14)12(8)16(19)20/h4-5H,2-3,6-7H2,1H3,(H,17,18). The number of nitro groups is 1. The van der Waals surface area contributed by atoms with Crippen molar-refractivity contribution in [3.63, 3.8) is 0 Å². The van der Waals surface area contributed by atoms with Gasteiger partial charge in [0.05, 0.1) is 11.5 Å². The predicted molar refractivity (Wildman–Crippen MR) is 76.3 cm³/mol. The van der Waals surface area contributed by atoms with E-state index in [1.807, 2.05) is 6.92 Å². The Morgan fingerprint density at radius 3 is 2.60 bits per heavy atom. The van der Waals surface area contributed by atoms with Crippen LogP contribution in [0.5, 0.6) is 0 Å². The summed E-state index contributed by atoms with van der Waals surface area (Å²) in [6.07, 6.45) is 0.732. The molecule has 8 heteroatoms. The lowest BCUT2D eigenvalue weighted by molar-refractivity contribution is -0.385. The summed E-state index contributed by atoms with van der Waals surface area (Å²) in [5, 5.41) is 20.1. The topological polar surface area (TPSA) is 83.7 Å². The van der Waals surface area contributed by atoms with Crippen molar-refractivity contribution in [2.75, 3.05) is 13.1 Å². The summed E-state index contributed by atoms with van der Waals surface area (Å²) in [5.74, 6) is -0.991. The molecule has 0 aliphatic carbocycles. The number of aliphatic carboxylic acids is 1. The van der Waals surface area contributed by atoms with Crippen LogP contribution in [0.1, 0.15) is 18.9 Å². The third-order valence-electron chi connectivity index (χ3n) is 2.58. The van der Waals surface area contributed by atoms with Gasteiger partial charge in [-0.2, -0.15) is 0 Å². The van der Waals surface area contributed by atoms with Crippen molar-refractivity contribution in [3.05, 3.63) is 37.9 Å². The molecule has 0 spiro atoms. The second kappa shape index (κ2) is 7.42. The number of nitrogens with zero attached hydrogens (tertiary/aromatic N) is 2. The van der Waals surface area contributed by atoms with Gasteiger partial charge in [-0.05, 0) is 25.1 Å². The number of carboxylic acid groups (broad SMARTS) is 1. The lowest BCUT2D eigenvalue weighted by Crippen LogP contribution is -2.30. The fourth-order valence-electron chi connectivity index (χ4n) is 1.91. The zero-order valence-corrected chi connectivity index (χ0v) is 12.3. The van der Waals surface area contributed by atoms with Gasteiger partial charge in [0, 0.05) is 17.1 Å². The molecule has 0 saturated heterocycles. The first-order chi connectivity index (χ1) is 9.35. The molecular weight excluding hydrogens is 307 g/mol. The van der Waals surface area contributed by atoms with Gasteiger partial charge in [0.25, 0.3) is 5.69 Å². The maximum absolute atomic E-state index is 11.1. The van der Waals surface area contributed by atoms with Crippen LogP contribution < -0.4 is 0 Å². The molecular formula is C12H14Cl2N2O4. The van der Waals surface area contributed by atoms with Crippen molar-refractivity contribution in [1.29, 1.82) is 0 Å². The van der Waals surface area contributed by atoms with E-state index in [0.717, 1.165) is 6.42 Å². The van der Waals surface area contributed by atoms with Gasteiger partial charge in [-0.15, -0.1) is 0 Å². The fraction of sp³-hybridized carbons (Fsp3) is 0.417. The molecule has 1 aromatic rings. The molecule has 0 heterocycles. The Morgan fingerprint density at radius 2 is 2.10 bits per heavy atom. The zero-order valence-electron chi connectivity index (χ0n) is 10.8. The van der Waals surface area contributed by atoms with Crippen molar-refractivity contribution >= 4 is 34.9 Å². The van der Waals surface area contributed by atoms with Crippen LogP contribution in [0.2, 0.25) is 10.0 Å². The zero-order chi connectivity index (χ0) is 15.3. The molecule has 0 atom stereocenters. The van der Waals surface area contributed by atoms with E-state index >= 15 is 0 Å². The minimum Gasteiger partial charge on any atom is -0.480 e. The Hall–Kier alpha value is -1.37. The Bertz CT molecular complexity index is 522. The SMILES string of the molecule is CCCN(CC(=O)O)Cc1cc(Cl)cc(Cl)c1[N+](=O)[O-]. The van der Waals surface area contributed by atoms with Gasteiger partial charge in [-0.3, -0.25) is 19.8 Å². The number of carboxylic acids is 1. The van der Waals surface area contributed by atoms with Crippen LogP contribution in [0, 0.1) is 10.1 Å². The lowest BCUT2D eigenvalue weighted by atomic mass is 10.1. The predicted octanol–water partition coefficient (Wildman–Crippen LogP) is 3.20. The first kappa shape index (κ1) is 16.7. The molecule has 20 heavy (non-hydrogen) atoms. The van der Waals surface area contributed by atoms with Crippen molar-refractivity contribution in [3.8, 4) is 0 Å². The molecule has 0 amide bonds. The molecule has 1 rings (SSSR count). The second-order valence-electron chi connectivity index (χ2n) is 4.26. The number of carbonyl (C=O) groups is 1. The van der Waals surface area contributed by atoms with Crippen LogP contribution in [-0.2, 0) is 11.3 Å². The first-order valence-electron chi connectivity index (χ1n) is 5.91. The average molecular weight is 321 g/mol. The molecule has 1 N–H and O–H groups in total. The molecule has 110 valence electrons. The Balaban J connectivity index is 3.10. The number of benzene rings is 1.